The summed E-state index contributed by atoms with van der Waals surface area (Å²) in [5.74, 6) is 0.257. The van der Waals surface area contributed by atoms with Crippen molar-refractivity contribution in [3.8, 4) is 17.2 Å². The molecule has 0 radical (unpaired) electrons. The number of methoxy groups -OCH3 is 2. The molecule has 0 unspecified atom stereocenters. The van der Waals surface area contributed by atoms with Gasteiger partial charge in [-0.25, -0.2) is 0 Å². The van der Waals surface area contributed by atoms with Crippen molar-refractivity contribution < 1.29 is 28.5 Å². The topological polar surface area (TPSA) is 71.1 Å². The standard InChI is InChI=1S/C20H19ClO6/c1-24-15-4-6-19(25-2)16(9-15)17(22)11-27-20(23)13-7-12-8-14(21)3-5-18(12)26-10-13/h3-6,8-9,13H,7,10-11H2,1-2H3/t13-/m0/s1. The molecule has 2 aromatic rings. The third kappa shape index (κ3) is 4.34. The number of fused-ring (bicyclic) bond motifs is 1. The largest absolute Gasteiger partial charge is 0.497 e. The Kier molecular flexibility index (Phi) is 5.86. The lowest BCUT2D eigenvalue weighted by Crippen LogP contribution is -2.31. The Morgan fingerprint density at radius 3 is 2.70 bits per heavy atom. The third-order valence-corrected chi connectivity index (χ3v) is 4.55. The monoisotopic (exact) mass is 390 g/mol. The highest BCUT2D eigenvalue weighted by Gasteiger charge is 2.28. The molecule has 0 fully saturated rings. The van der Waals surface area contributed by atoms with Gasteiger partial charge >= 0.3 is 5.97 Å². The van der Waals surface area contributed by atoms with E-state index in [0.29, 0.717) is 34.3 Å². The number of hydrogen-bond donors (Lipinski definition) is 0. The van der Waals surface area contributed by atoms with Gasteiger partial charge in [-0.1, -0.05) is 11.6 Å². The van der Waals surface area contributed by atoms with Crippen LogP contribution in [0.3, 0.4) is 0 Å². The zero-order valence-electron chi connectivity index (χ0n) is 15.0. The molecule has 0 bridgehead atoms. The number of rotatable bonds is 6. The molecule has 3 rings (SSSR count). The average Bonchev–Trinajstić information content (AvgIpc) is 2.70. The third-order valence-electron chi connectivity index (χ3n) is 4.31. The van der Waals surface area contributed by atoms with Gasteiger partial charge < -0.3 is 18.9 Å². The molecule has 7 heteroatoms. The van der Waals surface area contributed by atoms with Crippen LogP contribution in [0.4, 0.5) is 0 Å². The molecule has 1 aliphatic heterocycles. The van der Waals surface area contributed by atoms with E-state index < -0.39 is 11.9 Å². The second kappa shape index (κ2) is 8.31. The van der Waals surface area contributed by atoms with Crippen molar-refractivity contribution in [3.63, 3.8) is 0 Å². The summed E-state index contributed by atoms with van der Waals surface area (Å²) in [6.07, 6.45) is 0.450. The summed E-state index contributed by atoms with van der Waals surface area (Å²) >= 11 is 5.99. The van der Waals surface area contributed by atoms with Crippen LogP contribution in [0.2, 0.25) is 5.02 Å². The van der Waals surface area contributed by atoms with Gasteiger partial charge in [-0.3, -0.25) is 9.59 Å². The van der Waals surface area contributed by atoms with Gasteiger partial charge in [-0.15, -0.1) is 0 Å². The summed E-state index contributed by atoms with van der Waals surface area (Å²) < 4.78 is 21.1. The number of carbonyl (C=O) groups is 2. The second-order valence-corrected chi connectivity index (χ2v) is 6.50. The highest BCUT2D eigenvalue weighted by molar-refractivity contribution is 6.30. The maximum absolute atomic E-state index is 12.5. The maximum Gasteiger partial charge on any atom is 0.313 e. The second-order valence-electron chi connectivity index (χ2n) is 6.06. The van der Waals surface area contributed by atoms with Gasteiger partial charge in [0.25, 0.3) is 0 Å². The first-order valence-electron chi connectivity index (χ1n) is 8.35. The average molecular weight is 391 g/mol. The fourth-order valence-corrected chi connectivity index (χ4v) is 3.07. The highest BCUT2D eigenvalue weighted by Crippen LogP contribution is 2.30. The van der Waals surface area contributed by atoms with Crippen molar-refractivity contribution in [2.24, 2.45) is 5.92 Å². The van der Waals surface area contributed by atoms with Crippen molar-refractivity contribution in [2.45, 2.75) is 6.42 Å². The maximum atomic E-state index is 12.5. The van der Waals surface area contributed by atoms with Gasteiger partial charge in [-0.05, 0) is 48.4 Å². The van der Waals surface area contributed by atoms with Gasteiger partial charge in [0.15, 0.2) is 6.61 Å². The number of hydrogen-bond acceptors (Lipinski definition) is 6. The van der Waals surface area contributed by atoms with Crippen LogP contribution < -0.4 is 14.2 Å². The molecule has 0 amide bonds. The molecule has 0 N–H and O–H groups in total. The van der Waals surface area contributed by atoms with Crippen LogP contribution in [0.5, 0.6) is 17.2 Å². The van der Waals surface area contributed by atoms with E-state index in [1.54, 1.807) is 36.4 Å². The summed E-state index contributed by atoms with van der Waals surface area (Å²) in [7, 11) is 2.97. The Labute approximate surface area is 161 Å². The fourth-order valence-electron chi connectivity index (χ4n) is 2.88. The Balaban J connectivity index is 1.63. The summed E-state index contributed by atoms with van der Waals surface area (Å²) in [5.41, 5.74) is 1.14. The number of carbonyl (C=O) groups excluding carboxylic acids is 2. The minimum atomic E-state index is -0.490. The number of esters is 1. The van der Waals surface area contributed by atoms with Crippen LogP contribution in [0.15, 0.2) is 36.4 Å². The molecule has 0 aromatic heterocycles. The van der Waals surface area contributed by atoms with E-state index in [0.717, 1.165) is 5.56 Å². The smallest absolute Gasteiger partial charge is 0.313 e. The Morgan fingerprint density at radius 1 is 1.15 bits per heavy atom. The minimum absolute atomic E-state index is 0.199. The Hall–Kier alpha value is -2.73. The lowest BCUT2D eigenvalue weighted by atomic mass is 9.97. The number of ether oxygens (including phenoxy) is 4. The molecule has 1 heterocycles. The van der Waals surface area contributed by atoms with Crippen molar-refractivity contribution in [2.75, 3.05) is 27.4 Å². The van der Waals surface area contributed by atoms with Crippen LogP contribution in [-0.4, -0.2) is 39.2 Å². The predicted molar refractivity (Wildman–Crippen MR) is 99.0 cm³/mol. The van der Waals surface area contributed by atoms with E-state index in [9.17, 15) is 9.59 Å². The summed E-state index contributed by atoms with van der Waals surface area (Å²) in [6, 6.07) is 10.1. The van der Waals surface area contributed by atoms with E-state index in [1.807, 2.05) is 0 Å². The number of ketones is 1. The molecule has 142 valence electrons. The van der Waals surface area contributed by atoms with Gasteiger partial charge in [0.1, 0.15) is 23.9 Å². The zero-order valence-corrected chi connectivity index (χ0v) is 15.7. The first kappa shape index (κ1) is 19.0. The van der Waals surface area contributed by atoms with E-state index in [-0.39, 0.29) is 19.0 Å². The van der Waals surface area contributed by atoms with Gasteiger partial charge in [0.2, 0.25) is 5.78 Å². The summed E-state index contributed by atoms with van der Waals surface area (Å²) in [5, 5.41) is 0.576. The van der Waals surface area contributed by atoms with E-state index in [4.69, 9.17) is 30.5 Å². The molecule has 0 aliphatic carbocycles. The van der Waals surface area contributed by atoms with E-state index in [2.05, 4.69) is 0 Å². The van der Waals surface area contributed by atoms with Gasteiger partial charge in [0.05, 0.1) is 25.7 Å². The molecular formula is C20H19ClO6. The lowest BCUT2D eigenvalue weighted by Gasteiger charge is -2.24. The van der Waals surface area contributed by atoms with E-state index >= 15 is 0 Å². The Morgan fingerprint density at radius 2 is 1.96 bits per heavy atom. The molecule has 1 atom stereocenters. The highest BCUT2D eigenvalue weighted by atomic mass is 35.5. The van der Waals surface area contributed by atoms with Crippen molar-refractivity contribution in [3.05, 3.63) is 52.5 Å². The molecular weight excluding hydrogens is 372 g/mol. The van der Waals surface area contributed by atoms with Crippen LogP contribution in [0.1, 0.15) is 15.9 Å². The zero-order chi connectivity index (χ0) is 19.4. The summed E-state index contributed by atoms with van der Waals surface area (Å²) in [6.45, 7) is -0.189. The fraction of sp³-hybridized carbons (Fsp3) is 0.300. The molecule has 0 saturated carbocycles. The normalized spacial score (nSPS) is 15.3. The first-order valence-corrected chi connectivity index (χ1v) is 8.72. The molecule has 6 nitrogen and oxygen atoms in total. The number of Topliss-reactive ketones (excluding diaryl/α,β-unsaturated/α-hetero) is 1. The number of benzene rings is 2. The van der Waals surface area contributed by atoms with Crippen LogP contribution in [0, 0.1) is 5.92 Å². The molecule has 1 aliphatic rings. The van der Waals surface area contributed by atoms with Gasteiger partial charge in [-0.2, -0.15) is 0 Å². The predicted octanol–water partition coefficient (Wildman–Crippen LogP) is 3.33. The van der Waals surface area contributed by atoms with Crippen molar-refractivity contribution in [1.82, 2.24) is 0 Å². The van der Waals surface area contributed by atoms with Crippen LogP contribution in [0.25, 0.3) is 0 Å². The lowest BCUT2D eigenvalue weighted by molar-refractivity contribution is -0.148. The first-order chi connectivity index (χ1) is 13.0. The molecule has 0 spiro atoms. The van der Waals surface area contributed by atoms with Gasteiger partial charge in [0, 0.05) is 5.02 Å². The molecule has 27 heavy (non-hydrogen) atoms. The quantitative estimate of drug-likeness (QED) is 0.556. The molecule has 2 aromatic carbocycles. The van der Waals surface area contributed by atoms with Crippen molar-refractivity contribution in [1.29, 1.82) is 0 Å². The number of halogens is 1. The van der Waals surface area contributed by atoms with Crippen LogP contribution >= 0.6 is 11.6 Å². The SMILES string of the molecule is COc1ccc(OC)c(C(=O)COC(=O)[C@@H]2COc3ccc(Cl)cc3C2)c1. The Bertz CT molecular complexity index is 864. The van der Waals surface area contributed by atoms with Crippen molar-refractivity contribution >= 4 is 23.4 Å². The van der Waals surface area contributed by atoms with E-state index in [1.165, 1.54) is 14.2 Å². The minimum Gasteiger partial charge on any atom is -0.497 e. The summed E-state index contributed by atoms with van der Waals surface area (Å²) in [4.78, 5) is 24.8. The molecule has 0 saturated heterocycles. The van der Waals surface area contributed by atoms with Crippen LogP contribution in [-0.2, 0) is 16.0 Å².